The van der Waals surface area contributed by atoms with Gasteiger partial charge in [-0.2, -0.15) is 0 Å². The van der Waals surface area contributed by atoms with Gasteiger partial charge in [-0.1, -0.05) is 20.8 Å². The van der Waals surface area contributed by atoms with Gasteiger partial charge < -0.3 is 14.6 Å². The Morgan fingerprint density at radius 3 is 2.19 bits per heavy atom. The number of hydrogen-bond donors (Lipinski definition) is 1. The van der Waals surface area contributed by atoms with Gasteiger partial charge in [-0.15, -0.1) is 0 Å². The van der Waals surface area contributed by atoms with Gasteiger partial charge in [-0.3, -0.25) is 19.2 Å². The molecule has 0 radical (unpaired) electrons. The van der Waals surface area contributed by atoms with Crippen LogP contribution in [-0.4, -0.2) is 47.4 Å². The molecule has 1 fully saturated rings. The monoisotopic (exact) mass is 366 g/mol. The molecule has 2 rings (SSSR count). The summed E-state index contributed by atoms with van der Waals surface area (Å²) in [4.78, 5) is 46.9. The summed E-state index contributed by atoms with van der Waals surface area (Å²) < 4.78 is 10.9. The van der Waals surface area contributed by atoms with Gasteiger partial charge in [0, 0.05) is 25.3 Å². The third-order valence-electron chi connectivity index (χ3n) is 6.05. The Balaban J connectivity index is 2.76. The largest absolute Gasteiger partial charge is 0.462 e. The molecule has 2 aliphatic rings. The quantitative estimate of drug-likeness (QED) is 0.591. The lowest BCUT2D eigenvalue weighted by Gasteiger charge is -2.61. The van der Waals surface area contributed by atoms with Crippen LogP contribution in [0.25, 0.3) is 0 Å². The number of esters is 2. The number of carbonyl (C=O) groups excluding carboxylic acids is 4. The van der Waals surface area contributed by atoms with Gasteiger partial charge in [0.25, 0.3) is 0 Å². The second kappa shape index (κ2) is 6.61. The van der Waals surface area contributed by atoms with E-state index in [1.165, 1.54) is 19.9 Å². The zero-order valence-electron chi connectivity index (χ0n) is 15.8. The number of aldehydes is 2. The van der Waals surface area contributed by atoms with Crippen LogP contribution in [0.1, 0.15) is 47.5 Å². The van der Waals surface area contributed by atoms with E-state index in [0.717, 1.165) is 0 Å². The van der Waals surface area contributed by atoms with Crippen molar-refractivity contribution in [2.75, 3.05) is 0 Å². The molecule has 0 spiro atoms. The van der Waals surface area contributed by atoms with Gasteiger partial charge in [-0.05, 0) is 24.3 Å². The van der Waals surface area contributed by atoms with Crippen LogP contribution < -0.4 is 0 Å². The smallest absolute Gasteiger partial charge is 0.303 e. The van der Waals surface area contributed by atoms with Crippen molar-refractivity contribution in [3.8, 4) is 0 Å². The molecule has 26 heavy (non-hydrogen) atoms. The van der Waals surface area contributed by atoms with Crippen LogP contribution in [-0.2, 0) is 28.7 Å². The third-order valence-corrected chi connectivity index (χ3v) is 6.05. The van der Waals surface area contributed by atoms with E-state index in [0.29, 0.717) is 25.4 Å². The average molecular weight is 366 g/mol. The first kappa shape index (κ1) is 20.3. The number of carbonyl (C=O) groups is 4. The fraction of sp³-hybridized carbons (Fsp3) is 0.684. The highest BCUT2D eigenvalue weighted by atomic mass is 16.6. The molecular weight excluding hydrogens is 340 g/mol. The molecule has 0 heterocycles. The van der Waals surface area contributed by atoms with E-state index in [1.54, 1.807) is 6.92 Å². The van der Waals surface area contributed by atoms with Crippen LogP contribution in [0.4, 0.5) is 0 Å². The minimum atomic E-state index is -2.16. The molecule has 0 bridgehead atoms. The summed E-state index contributed by atoms with van der Waals surface area (Å²) >= 11 is 0. The van der Waals surface area contributed by atoms with Gasteiger partial charge in [-0.25, -0.2) is 0 Å². The Hall–Kier alpha value is -2.02. The SMILES string of the molecule is CC(=O)O[C@H]1C=C(C=O)[C@](O)(C=O)[C@@]2(C)[C@H](OC(C)=O)CCC(C)(C)[C@H]12. The second-order valence-corrected chi connectivity index (χ2v) is 8.08. The molecule has 0 saturated heterocycles. The molecule has 1 saturated carbocycles. The summed E-state index contributed by atoms with van der Waals surface area (Å²) in [6.07, 6.45) is 1.45. The molecule has 5 atom stereocenters. The van der Waals surface area contributed by atoms with Crippen LogP contribution in [0, 0.1) is 16.7 Å². The van der Waals surface area contributed by atoms with Crippen molar-refractivity contribution in [1.82, 2.24) is 0 Å². The normalized spacial score (nSPS) is 38.4. The molecule has 0 aromatic heterocycles. The van der Waals surface area contributed by atoms with Gasteiger partial charge in [0.2, 0.25) is 0 Å². The highest BCUT2D eigenvalue weighted by molar-refractivity contribution is 5.88. The first-order valence-electron chi connectivity index (χ1n) is 8.64. The Labute approximate surface area is 152 Å². The van der Waals surface area contributed by atoms with Crippen molar-refractivity contribution >= 4 is 24.5 Å². The molecule has 0 aromatic rings. The van der Waals surface area contributed by atoms with Crippen molar-refractivity contribution < 1.29 is 33.8 Å². The lowest BCUT2D eigenvalue weighted by molar-refractivity contribution is -0.227. The molecule has 0 unspecified atom stereocenters. The predicted octanol–water partition coefficient (Wildman–Crippen LogP) is 1.36. The standard InChI is InChI=1S/C19H26O7/c1-11(22)25-14-8-13(9-20)19(24,10-21)18(5)15(26-12(2)23)6-7-17(3,4)16(14)18/h8-10,14-16,24H,6-7H2,1-5H3/t14-,15+,16-,18-,19+/m0/s1. The third kappa shape index (κ3) is 2.88. The maximum atomic E-state index is 12.0. The number of fused-ring (bicyclic) bond motifs is 1. The summed E-state index contributed by atoms with van der Waals surface area (Å²) in [5.41, 5.74) is -4.14. The fourth-order valence-electron chi connectivity index (χ4n) is 4.95. The number of hydrogen-bond acceptors (Lipinski definition) is 7. The topological polar surface area (TPSA) is 107 Å². The molecule has 1 N–H and O–H groups in total. The highest BCUT2D eigenvalue weighted by Gasteiger charge is 2.68. The second-order valence-electron chi connectivity index (χ2n) is 8.08. The zero-order valence-corrected chi connectivity index (χ0v) is 15.8. The maximum absolute atomic E-state index is 12.0. The first-order valence-corrected chi connectivity index (χ1v) is 8.64. The minimum absolute atomic E-state index is 0.188. The van der Waals surface area contributed by atoms with Gasteiger partial charge in [0.1, 0.15) is 18.5 Å². The Bertz CT molecular complexity index is 665. The summed E-state index contributed by atoms with van der Waals surface area (Å²) in [6.45, 7) is 8.02. The Morgan fingerprint density at radius 1 is 1.15 bits per heavy atom. The van der Waals surface area contributed by atoms with Gasteiger partial charge in [0.15, 0.2) is 11.9 Å². The fourth-order valence-corrected chi connectivity index (χ4v) is 4.95. The zero-order chi connectivity index (χ0) is 19.9. The van der Waals surface area contributed by atoms with Crippen LogP contribution in [0.2, 0.25) is 0 Å². The number of rotatable bonds is 4. The van der Waals surface area contributed by atoms with Crippen molar-refractivity contribution in [2.24, 2.45) is 16.7 Å². The highest BCUT2D eigenvalue weighted by Crippen LogP contribution is 2.61. The molecule has 0 aromatic carbocycles. The van der Waals surface area contributed by atoms with Crippen LogP contribution >= 0.6 is 0 Å². The summed E-state index contributed by atoms with van der Waals surface area (Å²) in [5, 5.41) is 11.3. The summed E-state index contributed by atoms with van der Waals surface area (Å²) in [6, 6.07) is 0. The van der Waals surface area contributed by atoms with Crippen molar-refractivity contribution in [3.05, 3.63) is 11.6 Å². The van der Waals surface area contributed by atoms with Gasteiger partial charge in [0.05, 0.1) is 5.41 Å². The van der Waals surface area contributed by atoms with E-state index in [-0.39, 0.29) is 5.57 Å². The van der Waals surface area contributed by atoms with E-state index in [4.69, 9.17) is 9.47 Å². The van der Waals surface area contributed by atoms with Crippen LogP contribution in [0.3, 0.4) is 0 Å². The van der Waals surface area contributed by atoms with Crippen molar-refractivity contribution in [2.45, 2.75) is 65.3 Å². The molecule has 144 valence electrons. The Kier molecular flexibility index (Phi) is 5.16. The summed E-state index contributed by atoms with van der Waals surface area (Å²) in [7, 11) is 0. The number of aliphatic hydroxyl groups is 1. The molecule has 2 aliphatic carbocycles. The van der Waals surface area contributed by atoms with Crippen molar-refractivity contribution in [3.63, 3.8) is 0 Å². The lowest BCUT2D eigenvalue weighted by atomic mass is 9.45. The van der Waals surface area contributed by atoms with E-state index in [9.17, 15) is 24.3 Å². The lowest BCUT2D eigenvalue weighted by Crippen LogP contribution is -2.69. The van der Waals surface area contributed by atoms with Crippen LogP contribution in [0.15, 0.2) is 11.6 Å². The number of ether oxygens (including phenoxy) is 2. The van der Waals surface area contributed by atoms with E-state index in [2.05, 4.69) is 0 Å². The molecular formula is C19H26O7. The van der Waals surface area contributed by atoms with E-state index >= 15 is 0 Å². The maximum Gasteiger partial charge on any atom is 0.303 e. The average Bonchev–Trinajstić information content (AvgIpc) is 2.52. The molecule has 7 heteroatoms. The van der Waals surface area contributed by atoms with E-state index in [1.807, 2.05) is 13.8 Å². The van der Waals surface area contributed by atoms with Crippen molar-refractivity contribution in [1.29, 1.82) is 0 Å². The molecule has 0 aliphatic heterocycles. The van der Waals surface area contributed by atoms with Gasteiger partial charge >= 0.3 is 11.9 Å². The van der Waals surface area contributed by atoms with E-state index < -0.39 is 46.5 Å². The summed E-state index contributed by atoms with van der Waals surface area (Å²) in [5.74, 6) is -1.63. The molecule has 0 amide bonds. The Morgan fingerprint density at radius 2 is 1.73 bits per heavy atom. The first-order chi connectivity index (χ1) is 11.9. The molecule has 7 nitrogen and oxygen atoms in total. The predicted molar refractivity (Wildman–Crippen MR) is 90.9 cm³/mol. The minimum Gasteiger partial charge on any atom is -0.462 e. The van der Waals surface area contributed by atoms with Crippen LogP contribution in [0.5, 0.6) is 0 Å².